The van der Waals surface area contributed by atoms with Crippen LogP contribution in [0.2, 0.25) is 0 Å². The van der Waals surface area contributed by atoms with Crippen molar-refractivity contribution in [2.45, 2.75) is 0 Å². The van der Waals surface area contributed by atoms with E-state index in [2.05, 4.69) is 246 Å². The monoisotopic (exact) mass is 828 g/mol. The first kappa shape index (κ1) is 36.9. The second-order valence-corrected chi connectivity index (χ2v) is 16.8. The first-order chi connectivity index (χ1) is 32.3. The minimum absolute atomic E-state index is 0.893. The molecular weight excluding hydrogens is 789 g/mol. The molecule has 0 aliphatic rings. The highest BCUT2D eigenvalue weighted by molar-refractivity contribution is 6.15. The molecule has 0 bridgehead atoms. The maximum absolute atomic E-state index is 6.58. The zero-order valence-electron chi connectivity index (χ0n) is 35.4. The van der Waals surface area contributed by atoms with E-state index in [0.717, 1.165) is 66.9 Å². The number of para-hydroxylation sites is 6. The normalized spacial score (nSPS) is 11.7. The van der Waals surface area contributed by atoms with Gasteiger partial charge in [0.1, 0.15) is 11.2 Å². The van der Waals surface area contributed by atoms with Gasteiger partial charge in [0.15, 0.2) is 0 Å². The SMILES string of the molecule is c1cc(-c2cccc3c2oc2ccccc23)cc(N(c2ccc(-c3ccccc3-n3c4ccccc4c4ccccc43)cc2)c2ccccc2-c2cc3ccccc3c3ccccc23)c1. The van der Waals surface area contributed by atoms with Crippen LogP contribution in [-0.4, -0.2) is 4.57 Å². The summed E-state index contributed by atoms with van der Waals surface area (Å²) in [6.45, 7) is 0. The zero-order chi connectivity index (χ0) is 42.8. The van der Waals surface area contributed by atoms with E-state index in [1.54, 1.807) is 0 Å². The summed E-state index contributed by atoms with van der Waals surface area (Å²) < 4.78 is 9.00. The molecule has 13 rings (SSSR count). The van der Waals surface area contributed by atoms with Crippen LogP contribution < -0.4 is 4.90 Å². The van der Waals surface area contributed by atoms with Gasteiger partial charge < -0.3 is 13.9 Å². The van der Waals surface area contributed by atoms with Gasteiger partial charge in [0.25, 0.3) is 0 Å². The number of furan rings is 1. The minimum Gasteiger partial charge on any atom is -0.455 e. The van der Waals surface area contributed by atoms with Crippen LogP contribution in [0.25, 0.3) is 104 Å². The van der Waals surface area contributed by atoms with Crippen molar-refractivity contribution >= 4 is 82.4 Å². The molecule has 0 aliphatic heterocycles. The molecule has 0 saturated carbocycles. The highest BCUT2D eigenvalue weighted by atomic mass is 16.3. The summed E-state index contributed by atoms with van der Waals surface area (Å²) in [6, 6.07) is 87.7. The third kappa shape index (κ3) is 5.97. The van der Waals surface area contributed by atoms with Crippen LogP contribution >= 0.6 is 0 Å². The zero-order valence-corrected chi connectivity index (χ0v) is 35.4. The van der Waals surface area contributed by atoms with Crippen molar-refractivity contribution in [3.8, 4) is 39.1 Å². The summed E-state index contributed by atoms with van der Waals surface area (Å²) in [5, 5.41) is 9.68. The fraction of sp³-hybridized carbons (Fsp3) is 0. The van der Waals surface area contributed by atoms with Gasteiger partial charge in [-0.05, 0) is 98.9 Å². The van der Waals surface area contributed by atoms with Crippen molar-refractivity contribution in [3.63, 3.8) is 0 Å². The summed E-state index contributed by atoms with van der Waals surface area (Å²) in [7, 11) is 0. The molecule has 3 heteroatoms. The molecule has 2 heterocycles. The number of benzene rings is 11. The molecule has 0 unspecified atom stereocenters. The van der Waals surface area contributed by atoms with Crippen LogP contribution in [0.4, 0.5) is 17.1 Å². The summed E-state index contributed by atoms with van der Waals surface area (Å²) >= 11 is 0. The predicted octanol–water partition coefficient (Wildman–Crippen LogP) is 17.5. The smallest absolute Gasteiger partial charge is 0.143 e. The van der Waals surface area contributed by atoms with Crippen LogP contribution in [0.5, 0.6) is 0 Å². The Morgan fingerprint density at radius 3 is 1.71 bits per heavy atom. The average Bonchev–Trinajstić information content (AvgIpc) is 3.93. The highest BCUT2D eigenvalue weighted by Crippen LogP contribution is 2.46. The van der Waals surface area contributed by atoms with E-state index < -0.39 is 0 Å². The van der Waals surface area contributed by atoms with Crippen molar-refractivity contribution in [3.05, 3.63) is 243 Å². The van der Waals surface area contributed by atoms with Gasteiger partial charge in [0.05, 0.1) is 22.4 Å². The maximum atomic E-state index is 6.58. The molecule has 65 heavy (non-hydrogen) atoms. The van der Waals surface area contributed by atoms with Crippen molar-refractivity contribution in [1.82, 2.24) is 4.57 Å². The third-order valence-electron chi connectivity index (χ3n) is 13.2. The lowest BCUT2D eigenvalue weighted by Gasteiger charge is -2.29. The van der Waals surface area contributed by atoms with Gasteiger partial charge in [-0.1, -0.05) is 182 Å². The molecule has 11 aromatic carbocycles. The van der Waals surface area contributed by atoms with Crippen LogP contribution in [-0.2, 0) is 0 Å². The number of anilines is 3. The molecular formula is C62H40N2O. The Bertz CT molecular complexity index is 3910. The number of hydrogen-bond donors (Lipinski definition) is 0. The van der Waals surface area contributed by atoms with Gasteiger partial charge in [-0.25, -0.2) is 0 Å². The number of fused-ring (bicyclic) bond motifs is 9. The van der Waals surface area contributed by atoms with Crippen LogP contribution in [0.15, 0.2) is 247 Å². The first-order valence-electron chi connectivity index (χ1n) is 22.3. The van der Waals surface area contributed by atoms with Crippen molar-refractivity contribution < 1.29 is 4.42 Å². The quantitative estimate of drug-likeness (QED) is 0.149. The Hall–Kier alpha value is -8.66. The average molecular weight is 829 g/mol. The molecule has 3 nitrogen and oxygen atoms in total. The van der Waals surface area contributed by atoms with Gasteiger partial charge in [0, 0.05) is 49.6 Å². The Kier molecular flexibility index (Phi) is 8.53. The van der Waals surface area contributed by atoms with E-state index in [4.69, 9.17) is 4.42 Å². The number of hydrogen-bond acceptors (Lipinski definition) is 2. The standard InChI is InChI=1S/C62H40N2O/c1-2-20-46-43(17-1)40-56(50-23-4-3-22-49(46)50)53-26-8-11-31-58(53)63(45-19-15-18-42(39-45)48-28-16-29-55-54-27-9-14-34-61(54)65-62(48)55)44-37-35-41(36-38-44)47-21-5-10-30-57(47)64-59-32-12-6-24-51(59)52-25-7-13-33-60(52)64/h1-40H. The lowest BCUT2D eigenvalue weighted by atomic mass is 9.92. The summed E-state index contributed by atoms with van der Waals surface area (Å²) in [6.07, 6.45) is 0. The molecule has 0 N–H and O–H groups in total. The first-order valence-corrected chi connectivity index (χ1v) is 22.3. The van der Waals surface area contributed by atoms with Crippen LogP contribution in [0.3, 0.4) is 0 Å². The van der Waals surface area contributed by atoms with Crippen molar-refractivity contribution in [2.24, 2.45) is 0 Å². The lowest BCUT2D eigenvalue weighted by Crippen LogP contribution is -2.11. The molecule has 13 aromatic rings. The fourth-order valence-corrected chi connectivity index (χ4v) is 10.3. The molecule has 0 atom stereocenters. The maximum Gasteiger partial charge on any atom is 0.143 e. The molecule has 0 saturated heterocycles. The van der Waals surface area contributed by atoms with Crippen LogP contribution in [0, 0.1) is 0 Å². The molecule has 0 radical (unpaired) electrons. The molecule has 0 spiro atoms. The molecule has 2 aromatic heterocycles. The summed E-state index contributed by atoms with van der Waals surface area (Å²) in [4.78, 5) is 2.42. The Labute approximate surface area is 376 Å². The van der Waals surface area contributed by atoms with Crippen molar-refractivity contribution in [1.29, 1.82) is 0 Å². The highest BCUT2D eigenvalue weighted by Gasteiger charge is 2.22. The van der Waals surface area contributed by atoms with Gasteiger partial charge >= 0.3 is 0 Å². The fourth-order valence-electron chi connectivity index (χ4n) is 10.3. The molecule has 0 amide bonds. The van der Waals surface area contributed by atoms with E-state index in [9.17, 15) is 0 Å². The minimum atomic E-state index is 0.893. The second kappa shape index (κ2) is 15.0. The van der Waals surface area contributed by atoms with Crippen molar-refractivity contribution in [2.75, 3.05) is 4.90 Å². The number of nitrogens with zero attached hydrogens (tertiary/aromatic N) is 2. The van der Waals surface area contributed by atoms with Crippen LogP contribution in [0.1, 0.15) is 0 Å². The van der Waals surface area contributed by atoms with Gasteiger partial charge in [-0.2, -0.15) is 0 Å². The predicted molar refractivity (Wildman–Crippen MR) is 274 cm³/mol. The summed E-state index contributed by atoms with van der Waals surface area (Å²) in [5.41, 5.74) is 15.3. The molecule has 0 fully saturated rings. The largest absolute Gasteiger partial charge is 0.455 e. The molecule has 304 valence electrons. The van der Waals surface area contributed by atoms with E-state index in [-0.39, 0.29) is 0 Å². The second-order valence-electron chi connectivity index (χ2n) is 16.8. The van der Waals surface area contributed by atoms with Gasteiger partial charge in [0.2, 0.25) is 0 Å². The Morgan fingerprint density at radius 1 is 0.323 bits per heavy atom. The van der Waals surface area contributed by atoms with E-state index in [1.807, 2.05) is 6.07 Å². The lowest BCUT2D eigenvalue weighted by molar-refractivity contribution is 0.670. The summed E-state index contributed by atoms with van der Waals surface area (Å²) in [5.74, 6) is 0. The van der Waals surface area contributed by atoms with Gasteiger partial charge in [-0.15, -0.1) is 0 Å². The number of aromatic nitrogens is 1. The Balaban J connectivity index is 1.01. The van der Waals surface area contributed by atoms with Gasteiger partial charge in [-0.3, -0.25) is 0 Å². The third-order valence-corrected chi connectivity index (χ3v) is 13.2. The Morgan fingerprint density at radius 2 is 0.908 bits per heavy atom. The number of rotatable bonds is 7. The van der Waals surface area contributed by atoms with E-state index in [0.29, 0.717) is 0 Å². The van der Waals surface area contributed by atoms with E-state index >= 15 is 0 Å². The topological polar surface area (TPSA) is 21.3 Å². The van der Waals surface area contributed by atoms with E-state index in [1.165, 1.54) is 54.5 Å². The molecule has 0 aliphatic carbocycles.